The SMILES string of the molecule is CC(C)(CF)c1coc(-n2c3nc(Nc4ccc5c(c4)CNCC54CC4)ncc3c(=O)n2C2CC2)n1. The topological polar surface area (TPSA) is 103 Å². The molecule has 0 bridgehead atoms. The van der Waals surface area contributed by atoms with Crippen LogP contribution < -0.4 is 16.2 Å². The Morgan fingerprint density at radius 1 is 1.28 bits per heavy atom. The number of anilines is 2. The van der Waals surface area contributed by atoms with Crippen molar-refractivity contribution in [3.8, 4) is 6.01 Å². The van der Waals surface area contributed by atoms with Crippen molar-refractivity contribution >= 4 is 22.7 Å². The number of fused-ring (bicyclic) bond motifs is 3. The van der Waals surface area contributed by atoms with Crippen molar-refractivity contribution in [2.24, 2.45) is 0 Å². The summed E-state index contributed by atoms with van der Waals surface area (Å²) in [6, 6.07) is 6.68. The molecule has 0 radical (unpaired) electrons. The Bertz CT molecular complexity index is 1560. The molecule has 2 N–H and O–H groups in total. The lowest BCUT2D eigenvalue weighted by Gasteiger charge is -2.26. The van der Waals surface area contributed by atoms with E-state index >= 15 is 0 Å². The van der Waals surface area contributed by atoms with E-state index in [0.717, 1.165) is 31.6 Å². The number of hydrogen-bond acceptors (Lipinski definition) is 7. The summed E-state index contributed by atoms with van der Waals surface area (Å²) in [5.74, 6) is 0.380. The third-order valence-electron chi connectivity index (χ3n) is 7.78. The zero-order valence-electron chi connectivity index (χ0n) is 20.3. The molecule has 7 rings (SSSR count). The van der Waals surface area contributed by atoms with Crippen LogP contribution >= 0.6 is 0 Å². The second-order valence-corrected chi connectivity index (χ2v) is 11.0. The van der Waals surface area contributed by atoms with Crippen LogP contribution in [-0.4, -0.2) is 37.5 Å². The molecule has 4 heterocycles. The van der Waals surface area contributed by atoms with E-state index in [-0.39, 0.29) is 17.6 Å². The van der Waals surface area contributed by atoms with Gasteiger partial charge in [0.2, 0.25) is 5.95 Å². The summed E-state index contributed by atoms with van der Waals surface area (Å²) >= 11 is 0. The lowest BCUT2D eigenvalue weighted by molar-refractivity contribution is 0.343. The van der Waals surface area contributed by atoms with E-state index in [9.17, 15) is 9.18 Å². The molecule has 0 atom stereocenters. The minimum Gasteiger partial charge on any atom is -0.430 e. The van der Waals surface area contributed by atoms with Gasteiger partial charge in [0.1, 0.15) is 18.3 Å². The van der Waals surface area contributed by atoms with Gasteiger partial charge in [-0.2, -0.15) is 14.6 Å². The highest BCUT2D eigenvalue weighted by Gasteiger charge is 2.46. The molecular formula is C26H28FN7O2. The average molecular weight is 490 g/mol. The molecule has 0 amide bonds. The number of nitrogens with one attached hydrogen (secondary N) is 2. The summed E-state index contributed by atoms with van der Waals surface area (Å²) in [6.45, 7) is 4.85. The van der Waals surface area contributed by atoms with Gasteiger partial charge in [-0.15, -0.1) is 0 Å². The fourth-order valence-electron chi connectivity index (χ4n) is 5.23. The fourth-order valence-corrected chi connectivity index (χ4v) is 5.23. The Hall–Kier alpha value is -3.53. The zero-order chi connectivity index (χ0) is 24.7. The molecule has 9 nitrogen and oxygen atoms in total. The quantitative estimate of drug-likeness (QED) is 0.422. The van der Waals surface area contributed by atoms with Crippen molar-refractivity contribution in [3.05, 3.63) is 57.8 Å². The number of hydrogen-bond donors (Lipinski definition) is 2. The highest BCUT2D eigenvalue weighted by atomic mass is 19.1. The van der Waals surface area contributed by atoms with Crippen molar-refractivity contribution in [1.82, 2.24) is 29.6 Å². The first-order valence-corrected chi connectivity index (χ1v) is 12.5. The van der Waals surface area contributed by atoms with Crippen molar-refractivity contribution in [1.29, 1.82) is 0 Å². The normalized spacial score (nSPS) is 18.5. The van der Waals surface area contributed by atoms with E-state index in [1.165, 1.54) is 30.2 Å². The molecule has 2 fully saturated rings. The molecule has 0 unspecified atom stereocenters. The Labute approximate surface area is 206 Å². The van der Waals surface area contributed by atoms with Crippen molar-refractivity contribution in [2.45, 2.75) is 62.9 Å². The molecule has 3 aromatic heterocycles. The standard InChI is InChI=1S/C26H28FN7O2/c1-25(2,13-27)20-12-36-24(31-20)34-21-18(22(35)33(34)17-4-5-17)11-29-23(32-21)30-16-3-6-19-15(9-16)10-28-14-26(19)7-8-26/h3,6,9,11-12,17,28H,4-5,7-8,10,13-14H2,1-2H3,(H,29,30,32). The Morgan fingerprint density at radius 2 is 2.11 bits per heavy atom. The smallest absolute Gasteiger partial charge is 0.323 e. The van der Waals surface area contributed by atoms with Crippen molar-refractivity contribution in [3.63, 3.8) is 0 Å². The largest absolute Gasteiger partial charge is 0.430 e. The summed E-state index contributed by atoms with van der Waals surface area (Å²) < 4.78 is 22.6. The molecule has 1 aromatic carbocycles. The summed E-state index contributed by atoms with van der Waals surface area (Å²) in [4.78, 5) is 27.0. The van der Waals surface area contributed by atoms with Crippen LogP contribution in [0.15, 0.2) is 39.9 Å². The van der Waals surface area contributed by atoms with Gasteiger partial charge in [0.05, 0.1) is 11.7 Å². The average Bonchev–Trinajstić information content (AvgIpc) is 3.79. The maximum absolute atomic E-state index is 13.6. The van der Waals surface area contributed by atoms with Crippen LogP contribution in [0, 0.1) is 0 Å². The monoisotopic (exact) mass is 489 g/mol. The van der Waals surface area contributed by atoms with E-state index in [1.54, 1.807) is 29.4 Å². The minimum atomic E-state index is -0.794. The van der Waals surface area contributed by atoms with Gasteiger partial charge in [-0.05, 0) is 48.9 Å². The van der Waals surface area contributed by atoms with Gasteiger partial charge in [-0.1, -0.05) is 19.9 Å². The van der Waals surface area contributed by atoms with Crippen LogP contribution in [0.1, 0.15) is 62.4 Å². The van der Waals surface area contributed by atoms with Gasteiger partial charge in [-0.25, -0.2) is 9.67 Å². The van der Waals surface area contributed by atoms with Crippen molar-refractivity contribution < 1.29 is 8.81 Å². The summed E-state index contributed by atoms with van der Waals surface area (Å²) in [5, 5.41) is 7.24. The van der Waals surface area contributed by atoms with Crippen LogP contribution in [0.2, 0.25) is 0 Å². The van der Waals surface area contributed by atoms with Gasteiger partial charge in [0.15, 0.2) is 5.65 Å². The third kappa shape index (κ3) is 3.31. The number of nitrogens with zero attached hydrogens (tertiary/aromatic N) is 5. The van der Waals surface area contributed by atoms with Crippen LogP contribution in [0.4, 0.5) is 16.0 Å². The van der Waals surface area contributed by atoms with E-state index < -0.39 is 12.1 Å². The van der Waals surface area contributed by atoms with Gasteiger partial charge >= 0.3 is 6.01 Å². The van der Waals surface area contributed by atoms with Crippen LogP contribution in [0.5, 0.6) is 0 Å². The van der Waals surface area contributed by atoms with Crippen LogP contribution in [0.25, 0.3) is 17.0 Å². The van der Waals surface area contributed by atoms with Gasteiger partial charge < -0.3 is 15.1 Å². The lowest BCUT2D eigenvalue weighted by Crippen LogP contribution is -2.33. The number of halogens is 1. The lowest BCUT2D eigenvalue weighted by atomic mass is 9.88. The molecule has 2 aliphatic carbocycles. The van der Waals surface area contributed by atoms with Crippen LogP contribution in [0.3, 0.4) is 0 Å². The number of alkyl halides is 1. The molecule has 10 heteroatoms. The maximum Gasteiger partial charge on any atom is 0.323 e. The molecule has 0 saturated heterocycles. The van der Waals surface area contributed by atoms with Gasteiger partial charge in [-0.3, -0.25) is 9.18 Å². The molecule has 3 aliphatic rings. The predicted octanol–water partition coefficient (Wildman–Crippen LogP) is 4.03. The van der Waals surface area contributed by atoms with Crippen molar-refractivity contribution in [2.75, 3.05) is 18.5 Å². The number of benzene rings is 1. The van der Waals surface area contributed by atoms with E-state index in [0.29, 0.717) is 28.1 Å². The van der Waals surface area contributed by atoms with E-state index in [2.05, 4.69) is 38.8 Å². The molecule has 2 saturated carbocycles. The number of rotatable bonds is 6. The van der Waals surface area contributed by atoms with E-state index in [4.69, 9.17) is 9.40 Å². The first-order chi connectivity index (χ1) is 17.4. The van der Waals surface area contributed by atoms with Gasteiger partial charge in [0, 0.05) is 35.8 Å². The Kier molecular flexibility index (Phi) is 4.52. The Morgan fingerprint density at radius 3 is 2.86 bits per heavy atom. The van der Waals surface area contributed by atoms with Crippen LogP contribution in [-0.2, 0) is 17.4 Å². The highest BCUT2D eigenvalue weighted by molar-refractivity contribution is 5.76. The summed E-state index contributed by atoms with van der Waals surface area (Å²) in [7, 11) is 0. The maximum atomic E-state index is 13.6. The third-order valence-corrected chi connectivity index (χ3v) is 7.78. The van der Waals surface area contributed by atoms with E-state index in [1.807, 2.05) is 0 Å². The first kappa shape index (κ1) is 21.7. The molecule has 186 valence electrons. The fraction of sp³-hybridized carbons (Fsp3) is 0.462. The molecular weight excluding hydrogens is 461 g/mol. The second-order valence-electron chi connectivity index (χ2n) is 11.0. The summed E-state index contributed by atoms with van der Waals surface area (Å²) in [5.41, 5.74) is 3.86. The first-order valence-electron chi connectivity index (χ1n) is 12.5. The summed E-state index contributed by atoms with van der Waals surface area (Å²) in [6.07, 6.45) is 7.26. The molecule has 4 aromatic rings. The molecule has 1 aliphatic heterocycles. The zero-order valence-corrected chi connectivity index (χ0v) is 20.3. The Balaban J connectivity index is 1.30. The molecule has 1 spiro atoms. The highest BCUT2D eigenvalue weighted by Crippen LogP contribution is 2.50. The molecule has 36 heavy (non-hydrogen) atoms. The second kappa shape index (κ2) is 7.49. The number of aromatic nitrogens is 5. The van der Waals surface area contributed by atoms with Gasteiger partial charge in [0.25, 0.3) is 5.56 Å². The predicted molar refractivity (Wildman–Crippen MR) is 133 cm³/mol. The number of oxazole rings is 1. The minimum absolute atomic E-state index is 0.0514.